The van der Waals surface area contributed by atoms with Crippen LogP contribution in [0.25, 0.3) is 0 Å². The molecule has 1 aliphatic heterocycles. The van der Waals surface area contributed by atoms with E-state index < -0.39 is 5.97 Å². The van der Waals surface area contributed by atoms with E-state index in [0.29, 0.717) is 17.5 Å². The molecule has 0 radical (unpaired) electrons. The van der Waals surface area contributed by atoms with Crippen molar-refractivity contribution in [3.05, 3.63) is 35.4 Å². The van der Waals surface area contributed by atoms with Gasteiger partial charge in [-0.05, 0) is 12.5 Å². The number of carbonyl (C=O) groups excluding carboxylic acids is 3. The standard InChI is InChI=1S/C16H17N3O4/c1-18-10-14(20)19(16(18)22)8-4-7-15(21)23-11-13-6-3-2-5-12(13)9-17/h2-3,5-6H,4,7-8,10-11H2,1H3. The van der Waals surface area contributed by atoms with Crippen molar-refractivity contribution < 1.29 is 19.1 Å². The fourth-order valence-corrected chi connectivity index (χ4v) is 2.26. The number of rotatable bonds is 6. The summed E-state index contributed by atoms with van der Waals surface area (Å²) in [5.74, 6) is -0.681. The first kappa shape index (κ1) is 16.5. The minimum Gasteiger partial charge on any atom is -0.461 e. The van der Waals surface area contributed by atoms with Crippen LogP contribution < -0.4 is 0 Å². The maximum Gasteiger partial charge on any atom is 0.326 e. The highest BCUT2D eigenvalue weighted by Gasteiger charge is 2.32. The van der Waals surface area contributed by atoms with Crippen molar-refractivity contribution in [1.82, 2.24) is 9.80 Å². The normalized spacial score (nSPS) is 14.1. The molecule has 1 heterocycles. The van der Waals surface area contributed by atoms with E-state index in [1.165, 1.54) is 4.90 Å². The summed E-state index contributed by atoms with van der Waals surface area (Å²) in [5, 5.41) is 8.95. The Labute approximate surface area is 134 Å². The second kappa shape index (κ2) is 7.40. The Hall–Kier alpha value is -2.88. The number of amides is 3. The Kier molecular flexibility index (Phi) is 5.31. The zero-order valence-corrected chi connectivity index (χ0v) is 12.8. The predicted octanol–water partition coefficient (Wildman–Crippen LogP) is 1.28. The minimum atomic E-state index is -0.426. The Morgan fingerprint density at radius 1 is 1.35 bits per heavy atom. The molecule has 120 valence electrons. The fraction of sp³-hybridized carbons (Fsp3) is 0.375. The highest BCUT2D eigenvalue weighted by Crippen LogP contribution is 2.11. The quantitative estimate of drug-likeness (QED) is 0.582. The van der Waals surface area contributed by atoms with Gasteiger partial charge in [0, 0.05) is 25.6 Å². The number of nitriles is 1. The first-order valence-electron chi connectivity index (χ1n) is 7.22. The third-order valence-electron chi connectivity index (χ3n) is 3.52. The number of likely N-dealkylation sites (N-methyl/N-ethyl adjacent to an activating group) is 1. The Bertz CT molecular complexity index is 666. The molecule has 1 aromatic rings. The van der Waals surface area contributed by atoms with Gasteiger partial charge >= 0.3 is 12.0 Å². The molecule has 23 heavy (non-hydrogen) atoms. The van der Waals surface area contributed by atoms with E-state index in [0.717, 1.165) is 4.90 Å². The zero-order chi connectivity index (χ0) is 16.8. The summed E-state index contributed by atoms with van der Waals surface area (Å²) < 4.78 is 5.12. The van der Waals surface area contributed by atoms with Crippen molar-refractivity contribution in [2.24, 2.45) is 0 Å². The van der Waals surface area contributed by atoms with E-state index >= 15 is 0 Å². The van der Waals surface area contributed by atoms with Crippen molar-refractivity contribution in [1.29, 1.82) is 5.26 Å². The van der Waals surface area contributed by atoms with Crippen LogP contribution in [0.4, 0.5) is 4.79 Å². The van der Waals surface area contributed by atoms with Crippen LogP contribution in [-0.2, 0) is 20.9 Å². The van der Waals surface area contributed by atoms with Crippen LogP contribution in [0.3, 0.4) is 0 Å². The summed E-state index contributed by atoms with van der Waals surface area (Å²) in [6.45, 7) is 0.312. The van der Waals surface area contributed by atoms with E-state index in [1.807, 2.05) is 6.07 Å². The molecule has 1 saturated heterocycles. The van der Waals surface area contributed by atoms with Crippen LogP contribution in [0.1, 0.15) is 24.0 Å². The van der Waals surface area contributed by atoms with E-state index in [-0.39, 0.29) is 38.1 Å². The molecule has 7 heteroatoms. The lowest BCUT2D eigenvalue weighted by molar-refractivity contribution is -0.145. The van der Waals surface area contributed by atoms with Gasteiger partial charge in [0.2, 0.25) is 5.91 Å². The third kappa shape index (κ3) is 4.07. The molecule has 2 rings (SSSR count). The number of benzene rings is 1. The van der Waals surface area contributed by atoms with Gasteiger partial charge in [-0.15, -0.1) is 0 Å². The Morgan fingerprint density at radius 2 is 2.09 bits per heavy atom. The number of esters is 1. The van der Waals surface area contributed by atoms with Crippen LogP contribution in [0.2, 0.25) is 0 Å². The average Bonchev–Trinajstić information content (AvgIpc) is 2.79. The van der Waals surface area contributed by atoms with Crippen LogP contribution in [0, 0.1) is 11.3 Å². The van der Waals surface area contributed by atoms with E-state index in [2.05, 4.69) is 0 Å². The Balaban J connectivity index is 1.75. The van der Waals surface area contributed by atoms with Gasteiger partial charge in [0.15, 0.2) is 0 Å². The second-order valence-electron chi connectivity index (χ2n) is 5.22. The van der Waals surface area contributed by atoms with E-state index in [9.17, 15) is 14.4 Å². The number of ether oxygens (including phenoxy) is 1. The molecule has 7 nitrogen and oxygen atoms in total. The molecule has 0 aliphatic carbocycles. The first-order valence-corrected chi connectivity index (χ1v) is 7.22. The minimum absolute atomic E-state index is 0.0346. The number of nitrogens with zero attached hydrogens (tertiary/aromatic N) is 3. The van der Waals surface area contributed by atoms with Gasteiger partial charge in [-0.2, -0.15) is 5.26 Å². The van der Waals surface area contributed by atoms with Gasteiger partial charge in [-0.3, -0.25) is 14.5 Å². The molecule has 1 aliphatic rings. The zero-order valence-electron chi connectivity index (χ0n) is 12.8. The molecule has 0 atom stereocenters. The van der Waals surface area contributed by atoms with Crippen molar-refractivity contribution in [3.63, 3.8) is 0 Å². The highest BCUT2D eigenvalue weighted by atomic mass is 16.5. The lowest BCUT2D eigenvalue weighted by Crippen LogP contribution is -2.32. The topological polar surface area (TPSA) is 90.7 Å². The number of imide groups is 1. The van der Waals surface area contributed by atoms with E-state index in [4.69, 9.17) is 10.00 Å². The maximum atomic E-state index is 11.7. The number of hydrogen-bond acceptors (Lipinski definition) is 5. The summed E-state index contributed by atoms with van der Waals surface area (Å²) in [6, 6.07) is 8.59. The number of hydrogen-bond donors (Lipinski definition) is 0. The molecule has 0 N–H and O–H groups in total. The molecule has 1 aromatic carbocycles. The second-order valence-corrected chi connectivity index (χ2v) is 5.22. The lowest BCUT2D eigenvalue weighted by Gasteiger charge is -2.13. The molecular formula is C16H17N3O4. The molecule has 0 unspecified atom stereocenters. The van der Waals surface area contributed by atoms with Crippen molar-refractivity contribution in [2.75, 3.05) is 20.1 Å². The van der Waals surface area contributed by atoms with Gasteiger partial charge in [0.1, 0.15) is 13.2 Å². The largest absolute Gasteiger partial charge is 0.461 e. The van der Waals surface area contributed by atoms with Gasteiger partial charge in [0.05, 0.1) is 11.6 Å². The summed E-state index contributed by atoms with van der Waals surface area (Å²) in [6.07, 6.45) is 0.458. The molecule has 0 aromatic heterocycles. The summed E-state index contributed by atoms with van der Waals surface area (Å²) >= 11 is 0. The Morgan fingerprint density at radius 3 is 2.74 bits per heavy atom. The van der Waals surface area contributed by atoms with Gasteiger partial charge < -0.3 is 9.64 Å². The number of carbonyl (C=O) groups is 3. The maximum absolute atomic E-state index is 11.7. The van der Waals surface area contributed by atoms with Gasteiger partial charge in [-0.1, -0.05) is 18.2 Å². The fourth-order valence-electron chi connectivity index (χ4n) is 2.26. The number of urea groups is 1. The lowest BCUT2D eigenvalue weighted by atomic mass is 10.1. The molecule has 0 saturated carbocycles. The molecule has 3 amide bonds. The molecule has 0 spiro atoms. The van der Waals surface area contributed by atoms with Gasteiger partial charge in [-0.25, -0.2) is 4.79 Å². The molecular weight excluding hydrogens is 298 g/mol. The van der Waals surface area contributed by atoms with Crippen molar-refractivity contribution in [3.8, 4) is 6.07 Å². The van der Waals surface area contributed by atoms with Crippen molar-refractivity contribution >= 4 is 17.9 Å². The monoisotopic (exact) mass is 315 g/mol. The summed E-state index contributed by atoms with van der Waals surface area (Å²) in [4.78, 5) is 37.4. The summed E-state index contributed by atoms with van der Waals surface area (Å²) in [5.41, 5.74) is 1.12. The average molecular weight is 315 g/mol. The smallest absolute Gasteiger partial charge is 0.326 e. The molecule has 1 fully saturated rings. The SMILES string of the molecule is CN1CC(=O)N(CCCC(=O)OCc2ccccc2C#N)C1=O. The van der Waals surface area contributed by atoms with Crippen molar-refractivity contribution in [2.45, 2.75) is 19.4 Å². The first-order chi connectivity index (χ1) is 11.0. The van der Waals surface area contributed by atoms with E-state index in [1.54, 1.807) is 31.3 Å². The highest BCUT2D eigenvalue weighted by molar-refractivity contribution is 6.01. The van der Waals surface area contributed by atoms with Gasteiger partial charge in [0.25, 0.3) is 0 Å². The molecule has 0 bridgehead atoms. The predicted molar refractivity (Wildman–Crippen MR) is 79.9 cm³/mol. The van der Waals surface area contributed by atoms with Crippen LogP contribution in [0.5, 0.6) is 0 Å². The summed E-state index contributed by atoms with van der Waals surface area (Å²) in [7, 11) is 1.56. The van der Waals surface area contributed by atoms with Crippen LogP contribution in [0.15, 0.2) is 24.3 Å². The van der Waals surface area contributed by atoms with Crippen LogP contribution >= 0.6 is 0 Å². The third-order valence-corrected chi connectivity index (χ3v) is 3.52. The van der Waals surface area contributed by atoms with Crippen LogP contribution in [-0.4, -0.2) is 47.8 Å².